The van der Waals surface area contributed by atoms with Crippen LogP contribution in [0.15, 0.2) is 24.3 Å². The second kappa shape index (κ2) is 5.90. The molecule has 2 N–H and O–H groups in total. The lowest BCUT2D eigenvalue weighted by molar-refractivity contribution is -0.122. The SMILES string of the molecule is CC(C)NC(=O)C(C)Nc1ccc(C#N)cc1. The molecule has 0 aliphatic rings. The molecule has 1 aromatic carbocycles. The Bertz CT molecular complexity index is 417. The van der Waals surface area contributed by atoms with Crippen molar-refractivity contribution in [1.82, 2.24) is 5.32 Å². The van der Waals surface area contributed by atoms with Gasteiger partial charge in [0, 0.05) is 11.7 Å². The van der Waals surface area contributed by atoms with E-state index in [0.717, 1.165) is 5.69 Å². The molecule has 0 saturated carbocycles. The summed E-state index contributed by atoms with van der Waals surface area (Å²) >= 11 is 0. The minimum atomic E-state index is -0.301. The number of hydrogen-bond donors (Lipinski definition) is 2. The molecule has 0 bridgehead atoms. The van der Waals surface area contributed by atoms with Crippen molar-refractivity contribution in [2.75, 3.05) is 5.32 Å². The third-order valence-electron chi connectivity index (χ3n) is 2.22. The zero-order valence-corrected chi connectivity index (χ0v) is 10.3. The van der Waals surface area contributed by atoms with Gasteiger partial charge in [0.15, 0.2) is 0 Å². The molecule has 0 spiro atoms. The van der Waals surface area contributed by atoms with Crippen molar-refractivity contribution in [3.05, 3.63) is 29.8 Å². The summed E-state index contributed by atoms with van der Waals surface area (Å²) in [6, 6.07) is 8.89. The molecule has 1 rings (SSSR count). The zero-order chi connectivity index (χ0) is 12.8. The van der Waals surface area contributed by atoms with Gasteiger partial charge >= 0.3 is 0 Å². The number of anilines is 1. The molecule has 0 saturated heterocycles. The maximum absolute atomic E-state index is 11.7. The Morgan fingerprint density at radius 3 is 2.29 bits per heavy atom. The van der Waals surface area contributed by atoms with Crippen LogP contribution in [0.5, 0.6) is 0 Å². The van der Waals surface area contributed by atoms with Gasteiger partial charge in [-0.2, -0.15) is 5.26 Å². The molecule has 0 aromatic heterocycles. The number of carbonyl (C=O) groups excluding carboxylic acids is 1. The van der Waals surface area contributed by atoms with E-state index in [1.807, 2.05) is 19.9 Å². The number of nitriles is 1. The second-order valence-corrected chi connectivity index (χ2v) is 4.22. The third kappa shape index (κ3) is 4.15. The van der Waals surface area contributed by atoms with Crippen molar-refractivity contribution in [2.45, 2.75) is 32.9 Å². The highest BCUT2D eigenvalue weighted by atomic mass is 16.2. The molecule has 4 heteroatoms. The molecule has 90 valence electrons. The van der Waals surface area contributed by atoms with Crippen LogP contribution in [-0.4, -0.2) is 18.0 Å². The van der Waals surface area contributed by atoms with Crippen molar-refractivity contribution < 1.29 is 4.79 Å². The van der Waals surface area contributed by atoms with E-state index in [4.69, 9.17) is 5.26 Å². The van der Waals surface area contributed by atoms with Gasteiger partial charge in [-0.3, -0.25) is 4.79 Å². The molecule has 1 unspecified atom stereocenters. The average molecular weight is 231 g/mol. The number of amides is 1. The predicted molar refractivity (Wildman–Crippen MR) is 67.5 cm³/mol. The van der Waals surface area contributed by atoms with Gasteiger partial charge in [0.2, 0.25) is 5.91 Å². The van der Waals surface area contributed by atoms with Crippen LogP contribution in [0, 0.1) is 11.3 Å². The first-order valence-electron chi connectivity index (χ1n) is 5.60. The van der Waals surface area contributed by atoms with Gasteiger partial charge < -0.3 is 10.6 Å². The summed E-state index contributed by atoms with van der Waals surface area (Å²) in [6.45, 7) is 5.65. The molecular formula is C13H17N3O. The monoisotopic (exact) mass is 231 g/mol. The van der Waals surface area contributed by atoms with Gasteiger partial charge in [-0.25, -0.2) is 0 Å². The van der Waals surface area contributed by atoms with Crippen LogP contribution in [0.3, 0.4) is 0 Å². The maximum atomic E-state index is 11.7. The molecule has 0 fully saturated rings. The van der Waals surface area contributed by atoms with Gasteiger partial charge in [0.25, 0.3) is 0 Å². The van der Waals surface area contributed by atoms with Crippen LogP contribution in [0.2, 0.25) is 0 Å². The summed E-state index contributed by atoms with van der Waals surface area (Å²) in [4.78, 5) is 11.7. The van der Waals surface area contributed by atoms with Crippen LogP contribution >= 0.6 is 0 Å². The number of hydrogen-bond acceptors (Lipinski definition) is 3. The van der Waals surface area contributed by atoms with Gasteiger partial charge in [-0.15, -0.1) is 0 Å². The predicted octanol–water partition coefficient (Wildman–Crippen LogP) is 1.88. The lowest BCUT2D eigenvalue weighted by Crippen LogP contribution is -2.40. The fourth-order valence-electron chi connectivity index (χ4n) is 1.37. The lowest BCUT2D eigenvalue weighted by Gasteiger charge is -2.16. The van der Waals surface area contributed by atoms with E-state index in [9.17, 15) is 4.79 Å². The first-order chi connectivity index (χ1) is 8.02. The molecular weight excluding hydrogens is 214 g/mol. The molecule has 0 aliphatic carbocycles. The lowest BCUT2D eigenvalue weighted by atomic mass is 10.2. The van der Waals surface area contributed by atoms with Gasteiger partial charge in [-0.1, -0.05) is 0 Å². The number of rotatable bonds is 4. The summed E-state index contributed by atoms with van der Waals surface area (Å²) in [7, 11) is 0. The molecule has 1 atom stereocenters. The summed E-state index contributed by atoms with van der Waals surface area (Å²) in [5, 5.41) is 14.6. The van der Waals surface area contributed by atoms with Gasteiger partial charge in [-0.05, 0) is 45.0 Å². The van der Waals surface area contributed by atoms with E-state index in [1.54, 1.807) is 31.2 Å². The van der Waals surface area contributed by atoms with Crippen molar-refractivity contribution >= 4 is 11.6 Å². The second-order valence-electron chi connectivity index (χ2n) is 4.22. The van der Waals surface area contributed by atoms with E-state index in [-0.39, 0.29) is 18.0 Å². The number of nitrogens with one attached hydrogen (secondary N) is 2. The van der Waals surface area contributed by atoms with Crippen molar-refractivity contribution in [1.29, 1.82) is 5.26 Å². The van der Waals surface area contributed by atoms with E-state index in [2.05, 4.69) is 10.6 Å². The summed E-state index contributed by atoms with van der Waals surface area (Å²) in [6.07, 6.45) is 0. The minimum Gasteiger partial charge on any atom is -0.374 e. The number of benzene rings is 1. The van der Waals surface area contributed by atoms with Crippen molar-refractivity contribution in [3.63, 3.8) is 0 Å². The van der Waals surface area contributed by atoms with Crippen LogP contribution < -0.4 is 10.6 Å². The highest BCUT2D eigenvalue weighted by molar-refractivity contribution is 5.84. The quantitative estimate of drug-likeness (QED) is 0.831. The Balaban J connectivity index is 2.58. The third-order valence-corrected chi connectivity index (χ3v) is 2.22. The van der Waals surface area contributed by atoms with E-state index < -0.39 is 0 Å². The Hall–Kier alpha value is -2.02. The fraction of sp³-hybridized carbons (Fsp3) is 0.385. The smallest absolute Gasteiger partial charge is 0.242 e. The Morgan fingerprint density at radius 2 is 1.82 bits per heavy atom. The highest BCUT2D eigenvalue weighted by Crippen LogP contribution is 2.10. The topological polar surface area (TPSA) is 64.9 Å². The van der Waals surface area contributed by atoms with Gasteiger partial charge in [0.05, 0.1) is 11.6 Å². The fourth-order valence-corrected chi connectivity index (χ4v) is 1.37. The minimum absolute atomic E-state index is 0.0376. The molecule has 0 aliphatic heterocycles. The molecule has 0 heterocycles. The van der Waals surface area contributed by atoms with Crippen molar-refractivity contribution in [2.24, 2.45) is 0 Å². The van der Waals surface area contributed by atoms with Crippen LogP contribution in [0.25, 0.3) is 0 Å². The first-order valence-corrected chi connectivity index (χ1v) is 5.60. The van der Waals surface area contributed by atoms with E-state index in [0.29, 0.717) is 5.56 Å². The van der Waals surface area contributed by atoms with E-state index in [1.165, 1.54) is 0 Å². The Morgan fingerprint density at radius 1 is 1.24 bits per heavy atom. The molecule has 1 aromatic rings. The Kier molecular flexibility index (Phi) is 4.53. The molecule has 4 nitrogen and oxygen atoms in total. The summed E-state index contributed by atoms with van der Waals surface area (Å²) < 4.78 is 0. The first kappa shape index (κ1) is 13.0. The number of nitrogens with zero attached hydrogens (tertiary/aromatic N) is 1. The van der Waals surface area contributed by atoms with Crippen LogP contribution in [0.4, 0.5) is 5.69 Å². The van der Waals surface area contributed by atoms with Crippen LogP contribution in [0.1, 0.15) is 26.3 Å². The standard InChI is InChI=1S/C13H17N3O/c1-9(2)15-13(17)10(3)16-12-6-4-11(8-14)5-7-12/h4-7,9-10,16H,1-3H3,(H,15,17). The van der Waals surface area contributed by atoms with Crippen LogP contribution in [-0.2, 0) is 4.79 Å². The summed E-state index contributed by atoms with van der Waals surface area (Å²) in [5.41, 5.74) is 1.44. The zero-order valence-electron chi connectivity index (χ0n) is 10.3. The average Bonchev–Trinajstić information content (AvgIpc) is 2.29. The molecule has 1 amide bonds. The van der Waals surface area contributed by atoms with E-state index >= 15 is 0 Å². The largest absolute Gasteiger partial charge is 0.374 e. The number of carbonyl (C=O) groups is 1. The van der Waals surface area contributed by atoms with Gasteiger partial charge in [0.1, 0.15) is 6.04 Å². The molecule has 17 heavy (non-hydrogen) atoms. The summed E-state index contributed by atoms with van der Waals surface area (Å²) in [5.74, 6) is -0.0376. The molecule has 0 radical (unpaired) electrons. The Labute approximate surface area is 102 Å². The normalized spacial score (nSPS) is 11.7. The maximum Gasteiger partial charge on any atom is 0.242 e. The highest BCUT2D eigenvalue weighted by Gasteiger charge is 2.12. The van der Waals surface area contributed by atoms with Crippen molar-refractivity contribution in [3.8, 4) is 6.07 Å².